The van der Waals surface area contributed by atoms with E-state index in [0.717, 1.165) is 16.5 Å². The van der Waals surface area contributed by atoms with Gasteiger partial charge in [0.2, 0.25) is 0 Å². The lowest BCUT2D eigenvalue weighted by Crippen LogP contribution is -2.11. The SMILES string of the molecule is CSC1=Nc2cc(C)ccc2OC1. The minimum Gasteiger partial charge on any atom is -0.484 e. The molecule has 0 saturated heterocycles. The fourth-order valence-corrected chi connectivity index (χ4v) is 1.61. The number of thioether (sulfide) groups is 1. The normalized spacial score (nSPS) is 14.5. The van der Waals surface area contributed by atoms with Gasteiger partial charge < -0.3 is 4.74 Å². The van der Waals surface area contributed by atoms with Crippen molar-refractivity contribution in [1.29, 1.82) is 0 Å². The van der Waals surface area contributed by atoms with Crippen LogP contribution in [0.5, 0.6) is 5.75 Å². The first-order chi connectivity index (χ1) is 6.29. The van der Waals surface area contributed by atoms with Crippen LogP contribution in [0.3, 0.4) is 0 Å². The van der Waals surface area contributed by atoms with Gasteiger partial charge in [0.25, 0.3) is 0 Å². The highest BCUT2D eigenvalue weighted by atomic mass is 32.2. The van der Waals surface area contributed by atoms with Gasteiger partial charge in [0, 0.05) is 0 Å². The number of benzene rings is 1. The van der Waals surface area contributed by atoms with Crippen molar-refractivity contribution in [2.24, 2.45) is 4.99 Å². The van der Waals surface area contributed by atoms with Crippen molar-refractivity contribution >= 4 is 22.5 Å². The maximum Gasteiger partial charge on any atom is 0.145 e. The lowest BCUT2D eigenvalue weighted by Gasteiger charge is -2.15. The summed E-state index contributed by atoms with van der Waals surface area (Å²) in [5.41, 5.74) is 2.17. The molecule has 1 heterocycles. The van der Waals surface area contributed by atoms with E-state index in [-0.39, 0.29) is 0 Å². The largest absolute Gasteiger partial charge is 0.484 e. The van der Waals surface area contributed by atoms with Gasteiger partial charge in [-0.05, 0) is 30.9 Å². The first-order valence-corrected chi connectivity index (χ1v) is 5.37. The molecule has 0 aliphatic carbocycles. The zero-order valence-electron chi connectivity index (χ0n) is 7.70. The van der Waals surface area contributed by atoms with E-state index in [4.69, 9.17) is 4.74 Å². The van der Waals surface area contributed by atoms with Crippen LogP contribution in [-0.4, -0.2) is 17.9 Å². The molecule has 0 aromatic heterocycles. The number of aryl methyl sites for hydroxylation is 1. The Hall–Kier alpha value is -0.960. The first kappa shape index (κ1) is 8.63. The summed E-state index contributed by atoms with van der Waals surface area (Å²) < 4.78 is 5.53. The summed E-state index contributed by atoms with van der Waals surface area (Å²) in [6, 6.07) is 6.06. The van der Waals surface area contributed by atoms with Gasteiger partial charge in [-0.3, -0.25) is 0 Å². The fraction of sp³-hybridized carbons (Fsp3) is 0.300. The third-order valence-electron chi connectivity index (χ3n) is 1.95. The number of nitrogens with zero attached hydrogens (tertiary/aromatic N) is 1. The second-order valence-electron chi connectivity index (χ2n) is 2.97. The Morgan fingerprint density at radius 1 is 1.46 bits per heavy atom. The second kappa shape index (κ2) is 3.42. The molecule has 2 nitrogen and oxygen atoms in total. The topological polar surface area (TPSA) is 21.6 Å². The summed E-state index contributed by atoms with van der Waals surface area (Å²) in [6.07, 6.45) is 2.02. The smallest absolute Gasteiger partial charge is 0.145 e. The number of aliphatic imine (C=N–C) groups is 1. The lowest BCUT2D eigenvalue weighted by atomic mass is 10.2. The number of hydrogen-bond donors (Lipinski definition) is 0. The molecule has 2 rings (SSSR count). The van der Waals surface area contributed by atoms with Crippen molar-refractivity contribution in [3.63, 3.8) is 0 Å². The highest BCUT2D eigenvalue weighted by molar-refractivity contribution is 8.13. The summed E-state index contributed by atoms with van der Waals surface area (Å²) in [5.74, 6) is 0.892. The Morgan fingerprint density at radius 3 is 3.08 bits per heavy atom. The van der Waals surface area contributed by atoms with Crippen LogP contribution < -0.4 is 4.74 Å². The van der Waals surface area contributed by atoms with Crippen LogP contribution >= 0.6 is 11.8 Å². The van der Waals surface area contributed by atoms with Crippen LogP contribution in [0.2, 0.25) is 0 Å². The van der Waals surface area contributed by atoms with E-state index in [2.05, 4.69) is 11.9 Å². The Labute approximate surface area is 82.0 Å². The van der Waals surface area contributed by atoms with Gasteiger partial charge in [0.1, 0.15) is 23.1 Å². The molecule has 0 fully saturated rings. The van der Waals surface area contributed by atoms with E-state index in [1.54, 1.807) is 11.8 Å². The fourth-order valence-electron chi connectivity index (χ4n) is 1.25. The third-order valence-corrected chi connectivity index (χ3v) is 2.63. The van der Waals surface area contributed by atoms with Gasteiger partial charge in [-0.2, -0.15) is 0 Å². The van der Waals surface area contributed by atoms with E-state index in [1.165, 1.54) is 5.56 Å². The Bertz CT molecular complexity index is 360. The molecule has 0 bridgehead atoms. The first-order valence-electron chi connectivity index (χ1n) is 4.14. The number of hydrogen-bond acceptors (Lipinski definition) is 3. The molecule has 0 saturated carbocycles. The van der Waals surface area contributed by atoms with E-state index in [9.17, 15) is 0 Å². The monoisotopic (exact) mass is 193 g/mol. The van der Waals surface area contributed by atoms with Gasteiger partial charge in [-0.15, -0.1) is 11.8 Å². The molecule has 1 aromatic carbocycles. The minimum absolute atomic E-state index is 0.608. The summed E-state index contributed by atoms with van der Waals surface area (Å²) in [7, 11) is 0. The Morgan fingerprint density at radius 2 is 2.31 bits per heavy atom. The minimum atomic E-state index is 0.608. The van der Waals surface area contributed by atoms with Crippen molar-refractivity contribution in [3.8, 4) is 5.75 Å². The average Bonchev–Trinajstić information content (AvgIpc) is 2.16. The van der Waals surface area contributed by atoms with E-state index in [0.29, 0.717) is 6.61 Å². The zero-order chi connectivity index (χ0) is 9.26. The van der Waals surface area contributed by atoms with Gasteiger partial charge in [0.15, 0.2) is 0 Å². The summed E-state index contributed by atoms with van der Waals surface area (Å²) >= 11 is 1.64. The molecule has 68 valence electrons. The van der Waals surface area contributed by atoms with Crippen molar-refractivity contribution < 1.29 is 4.74 Å². The van der Waals surface area contributed by atoms with Gasteiger partial charge >= 0.3 is 0 Å². The van der Waals surface area contributed by atoms with Crippen molar-refractivity contribution in [1.82, 2.24) is 0 Å². The summed E-state index contributed by atoms with van der Waals surface area (Å²) in [5, 5.41) is 1.04. The number of ether oxygens (including phenoxy) is 1. The maximum absolute atomic E-state index is 5.53. The van der Waals surface area contributed by atoms with Gasteiger partial charge in [0.05, 0.1) is 0 Å². The molecule has 0 spiro atoms. The van der Waals surface area contributed by atoms with Crippen LogP contribution in [0.4, 0.5) is 5.69 Å². The molecule has 0 unspecified atom stereocenters. The maximum atomic E-state index is 5.53. The highest BCUT2D eigenvalue weighted by Gasteiger charge is 2.11. The summed E-state index contributed by atoms with van der Waals surface area (Å²) in [6.45, 7) is 2.67. The number of rotatable bonds is 0. The predicted molar refractivity (Wildman–Crippen MR) is 57.3 cm³/mol. The van der Waals surface area contributed by atoms with Crippen molar-refractivity contribution in [2.45, 2.75) is 6.92 Å². The van der Waals surface area contributed by atoms with E-state index in [1.807, 2.05) is 24.5 Å². The quantitative estimate of drug-likeness (QED) is 0.632. The summed E-state index contributed by atoms with van der Waals surface area (Å²) in [4.78, 5) is 4.48. The lowest BCUT2D eigenvalue weighted by molar-refractivity contribution is 0.375. The highest BCUT2D eigenvalue weighted by Crippen LogP contribution is 2.32. The van der Waals surface area contributed by atoms with Crippen LogP contribution in [0.15, 0.2) is 23.2 Å². The van der Waals surface area contributed by atoms with E-state index < -0.39 is 0 Å². The molecular formula is C10H11NOS. The van der Waals surface area contributed by atoms with Crippen LogP contribution in [0, 0.1) is 6.92 Å². The van der Waals surface area contributed by atoms with Crippen LogP contribution in [-0.2, 0) is 0 Å². The Balaban J connectivity index is 2.44. The molecule has 0 amide bonds. The molecular weight excluding hydrogens is 182 g/mol. The molecule has 1 aliphatic rings. The molecule has 0 N–H and O–H groups in total. The second-order valence-corrected chi connectivity index (χ2v) is 3.85. The van der Waals surface area contributed by atoms with Crippen LogP contribution in [0.25, 0.3) is 0 Å². The molecule has 1 aliphatic heterocycles. The molecule has 13 heavy (non-hydrogen) atoms. The van der Waals surface area contributed by atoms with Gasteiger partial charge in [-0.1, -0.05) is 6.07 Å². The predicted octanol–water partition coefficient (Wildman–Crippen LogP) is 2.78. The molecule has 1 aromatic rings. The number of fused-ring (bicyclic) bond motifs is 1. The standard InChI is InChI=1S/C10H11NOS/c1-7-3-4-9-8(5-7)11-10(13-2)6-12-9/h3-5H,6H2,1-2H3. The molecule has 0 atom stereocenters. The zero-order valence-corrected chi connectivity index (χ0v) is 8.52. The Kier molecular flexibility index (Phi) is 2.27. The van der Waals surface area contributed by atoms with Crippen molar-refractivity contribution in [3.05, 3.63) is 23.8 Å². The van der Waals surface area contributed by atoms with Gasteiger partial charge in [-0.25, -0.2) is 4.99 Å². The van der Waals surface area contributed by atoms with E-state index >= 15 is 0 Å². The molecule has 0 radical (unpaired) electrons. The third kappa shape index (κ3) is 1.70. The van der Waals surface area contributed by atoms with Crippen LogP contribution in [0.1, 0.15) is 5.56 Å². The average molecular weight is 193 g/mol. The molecule has 3 heteroatoms. The van der Waals surface area contributed by atoms with Crippen molar-refractivity contribution in [2.75, 3.05) is 12.9 Å².